The minimum absolute atomic E-state index is 0.111. The largest absolute Gasteiger partial charge is 0.490 e. The molecule has 2 rings (SSSR count). The lowest BCUT2D eigenvalue weighted by Crippen LogP contribution is -2.49. The van der Waals surface area contributed by atoms with Crippen LogP contribution in [-0.2, 0) is 14.8 Å². The molecule has 6 nitrogen and oxygen atoms in total. The minimum atomic E-state index is -3.82. The average Bonchev–Trinajstić information content (AvgIpc) is 2.67. The van der Waals surface area contributed by atoms with Gasteiger partial charge in [0.1, 0.15) is 6.04 Å². The first kappa shape index (κ1) is 22.8. The van der Waals surface area contributed by atoms with Crippen molar-refractivity contribution in [3.05, 3.63) is 59.9 Å². The highest BCUT2D eigenvalue weighted by molar-refractivity contribution is 7.89. The van der Waals surface area contributed by atoms with Gasteiger partial charge in [-0.05, 0) is 43.5 Å². The van der Waals surface area contributed by atoms with Crippen LogP contribution in [0.3, 0.4) is 0 Å². The fraction of sp³-hybridized carbons (Fsp3) is 0.381. The van der Waals surface area contributed by atoms with Crippen LogP contribution in [0.5, 0.6) is 5.75 Å². The molecule has 0 saturated carbocycles. The maximum absolute atomic E-state index is 13.5. The Kier molecular flexibility index (Phi) is 8.16. The highest BCUT2D eigenvalue weighted by Gasteiger charge is 2.28. The van der Waals surface area contributed by atoms with Crippen molar-refractivity contribution in [2.24, 2.45) is 5.92 Å². The van der Waals surface area contributed by atoms with Gasteiger partial charge < -0.3 is 10.1 Å². The first-order valence-electron chi connectivity index (χ1n) is 9.45. The van der Waals surface area contributed by atoms with Crippen LogP contribution in [0.15, 0.2) is 53.4 Å². The first-order valence-corrected chi connectivity index (χ1v) is 10.9. The molecular weight excluding hydrogens is 395 g/mol. The van der Waals surface area contributed by atoms with E-state index < -0.39 is 27.8 Å². The van der Waals surface area contributed by atoms with Gasteiger partial charge in [-0.15, -0.1) is 0 Å². The summed E-state index contributed by atoms with van der Waals surface area (Å²) in [4.78, 5) is 12.6. The van der Waals surface area contributed by atoms with Crippen molar-refractivity contribution >= 4 is 15.9 Å². The molecule has 0 spiro atoms. The van der Waals surface area contributed by atoms with E-state index in [-0.39, 0.29) is 29.7 Å². The topological polar surface area (TPSA) is 84.5 Å². The van der Waals surface area contributed by atoms with Crippen molar-refractivity contribution in [3.63, 3.8) is 0 Å². The molecule has 2 N–H and O–H groups in total. The summed E-state index contributed by atoms with van der Waals surface area (Å²) in [7, 11) is -3.82. The van der Waals surface area contributed by atoms with Crippen molar-refractivity contribution in [2.45, 2.75) is 38.1 Å². The van der Waals surface area contributed by atoms with E-state index in [1.54, 1.807) is 38.1 Å². The quantitative estimate of drug-likeness (QED) is 0.577. The summed E-state index contributed by atoms with van der Waals surface area (Å²) in [5.74, 6) is -0.946. The van der Waals surface area contributed by atoms with Gasteiger partial charge in [-0.1, -0.05) is 43.7 Å². The summed E-state index contributed by atoms with van der Waals surface area (Å²) in [5, 5.41) is 2.71. The van der Waals surface area contributed by atoms with E-state index in [4.69, 9.17) is 4.74 Å². The molecule has 0 bridgehead atoms. The second-order valence-corrected chi connectivity index (χ2v) is 8.79. The van der Waals surface area contributed by atoms with E-state index in [1.807, 2.05) is 6.92 Å². The Morgan fingerprint density at radius 1 is 1.10 bits per heavy atom. The molecule has 0 aliphatic carbocycles. The SMILES string of the molecule is Cc1ccc(S(=O)(=O)N[C@H](C(=O)NCCCOc2ccccc2F)C(C)C)cc1. The Morgan fingerprint density at radius 2 is 1.76 bits per heavy atom. The molecule has 1 amide bonds. The van der Waals surface area contributed by atoms with Crippen molar-refractivity contribution in [3.8, 4) is 5.75 Å². The van der Waals surface area contributed by atoms with Gasteiger partial charge >= 0.3 is 0 Å². The smallest absolute Gasteiger partial charge is 0.241 e. The predicted octanol–water partition coefficient (Wildman–Crippen LogP) is 3.02. The standard InChI is InChI=1S/C21H27FN2O4S/c1-15(2)20(24-29(26,27)17-11-9-16(3)10-12-17)21(25)23-13-6-14-28-19-8-5-4-7-18(19)22/h4-5,7-12,15,20,24H,6,13-14H2,1-3H3,(H,23,25)/t20-/m0/s1. The zero-order valence-electron chi connectivity index (χ0n) is 16.8. The van der Waals surface area contributed by atoms with E-state index in [9.17, 15) is 17.6 Å². The third-order valence-electron chi connectivity index (χ3n) is 4.28. The Bertz CT molecular complexity index is 915. The van der Waals surface area contributed by atoms with Crippen molar-refractivity contribution < 1.29 is 22.3 Å². The highest BCUT2D eigenvalue weighted by Crippen LogP contribution is 2.15. The van der Waals surface area contributed by atoms with Crippen LogP contribution < -0.4 is 14.8 Å². The summed E-state index contributed by atoms with van der Waals surface area (Å²) in [6, 6.07) is 11.6. The molecule has 0 saturated heterocycles. The lowest BCUT2D eigenvalue weighted by molar-refractivity contribution is -0.123. The normalized spacial score (nSPS) is 12.6. The number of hydrogen-bond donors (Lipinski definition) is 2. The number of nitrogens with one attached hydrogen (secondary N) is 2. The van der Waals surface area contributed by atoms with Crippen LogP contribution in [0.1, 0.15) is 25.8 Å². The second kappa shape index (κ2) is 10.4. The molecule has 0 aliphatic rings. The van der Waals surface area contributed by atoms with Crippen molar-refractivity contribution in [1.29, 1.82) is 0 Å². The molecule has 29 heavy (non-hydrogen) atoms. The Morgan fingerprint density at radius 3 is 2.38 bits per heavy atom. The number of ether oxygens (including phenoxy) is 1. The van der Waals surface area contributed by atoms with Gasteiger partial charge in [0.2, 0.25) is 15.9 Å². The molecule has 8 heteroatoms. The fourth-order valence-electron chi connectivity index (χ4n) is 2.58. The number of carbonyl (C=O) groups is 1. The lowest BCUT2D eigenvalue weighted by atomic mass is 10.1. The van der Waals surface area contributed by atoms with E-state index in [0.29, 0.717) is 6.42 Å². The summed E-state index contributed by atoms with van der Waals surface area (Å²) < 4.78 is 46.5. The number of hydrogen-bond acceptors (Lipinski definition) is 4. The van der Waals surface area contributed by atoms with Crippen LogP contribution in [-0.4, -0.2) is 33.5 Å². The molecule has 158 valence electrons. The molecule has 0 aliphatic heterocycles. The molecule has 0 radical (unpaired) electrons. The highest BCUT2D eigenvalue weighted by atomic mass is 32.2. The Balaban J connectivity index is 1.87. The number of sulfonamides is 1. The van der Waals surface area contributed by atoms with Crippen LogP contribution in [0.4, 0.5) is 4.39 Å². The molecule has 0 unspecified atom stereocenters. The molecule has 0 fully saturated rings. The third-order valence-corrected chi connectivity index (χ3v) is 5.73. The van der Waals surface area contributed by atoms with Gasteiger partial charge in [0.05, 0.1) is 11.5 Å². The number of amides is 1. The van der Waals surface area contributed by atoms with Gasteiger partial charge in [-0.2, -0.15) is 4.72 Å². The number of para-hydroxylation sites is 1. The zero-order valence-corrected chi connectivity index (χ0v) is 17.6. The Hall–Kier alpha value is -2.45. The number of halogens is 1. The fourth-order valence-corrected chi connectivity index (χ4v) is 3.93. The molecule has 2 aromatic carbocycles. The van der Waals surface area contributed by atoms with Crippen molar-refractivity contribution in [1.82, 2.24) is 10.0 Å². The lowest BCUT2D eigenvalue weighted by Gasteiger charge is -2.21. The second-order valence-electron chi connectivity index (χ2n) is 7.08. The van der Waals surface area contributed by atoms with Crippen LogP contribution in [0, 0.1) is 18.7 Å². The van der Waals surface area contributed by atoms with Crippen LogP contribution in [0.2, 0.25) is 0 Å². The third kappa shape index (κ3) is 6.83. The number of aryl methyl sites for hydroxylation is 1. The molecule has 0 aromatic heterocycles. The summed E-state index contributed by atoms with van der Waals surface area (Å²) in [6.07, 6.45) is 0.454. The maximum atomic E-state index is 13.5. The van der Waals surface area contributed by atoms with Gasteiger partial charge in [0.25, 0.3) is 0 Å². The molecular formula is C21H27FN2O4S. The van der Waals surface area contributed by atoms with Gasteiger partial charge in [0, 0.05) is 6.54 Å². The van der Waals surface area contributed by atoms with Gasteiger partial charge in [-0.3, -0.25) is 4.79 Å². The summed E-state index contributed by atoms with van der Waals surface area (Å²) in [5.41, 5.74) is 0.944. The monoisotopic (exact) mass is 422 g/mol. The van der Waals surface area contributed by atoms with E-state index >= 15 is 0 Å². The van der Waals surface area contributed by atoms with Gasteiger partial charge in [-0.25, -0.2) is 12.8 Å². The minimum Gasteiger partial charge on any atom is -0.490 e. The van der Waals surface area contributed by atoms with Crippen LogP contribution in [0.25, 0.3) is 0 Å². The number of carbonyl (C=O) groups excluding carboxylic acids is 1. The number of benzene rings is 2. The van der Waals surface area contributed by atoms with Crippen LogP contribution >= 0.6 is 0 Å². The first-order chi connectivity index (χ1) is 13.7. The number of rotatable bonds is 10. The average molecular weight is 423 g/mol. The zero-order chi connectivity index (χ0) is 21.4. The maximum Gasteiger partial charge on any atom is 0.241 e. The summed E-state index contributed by atoms with van der Waals surface area (Å²) in [6.45, 7) is 5.90. The predicted molar refractivity (Wildman–Crippen MR) is 110 cm³/mol. The molecule has 2 aromatic rings. The molecule has 1 atom stereocenters. The molecule has 0 heterocycles. The van der Waals surface area contributed by atoms with E-state index in [0.717, 1.165) is 5.56 Å². The van der Waals surface area contributed by atoms with E-state index in [1.165, 1.54) is 24.3 Å². The van der Waals surface area contributed by atoms with Gasteiger partial charge in [0.15, 0.2) is 11.6 Å². The summed E-state index contributed by atoms with van der Waals surface area (Å²) >= 11 is 0. The Labute approximate surface area is 171 Å². The van der Waals surface area contributed by atoms with E-state index in [2.05, 4.69) is 10.0 Å². The van der Waals surface area contributed by atoms with Crippen molar-refractivity contribution in [2.75, 3.05) is 13.2 Å².